The molecule has 0 radical (unpaired) electrons. The van der Waals surface area contributed by atoms with Gasteiger partial charge < -0.3 is 5.73 Å². The lowest BCUT2D eigenvalue weighted by molar-refractivity contribution is -0.161. The van der Waals surface area contributed by atoms with Crippen LogP contribution in [-0.2, 0) is 0 Å². The van der Waals surface area contributed by atoms with Gasteiger partial charge in [0.2, 0.25) is 0 Å². The molecule has 1 aromatic carbocycles. The van der Waals surface area contributed by atoms with E-state index in [1.165, 1.54) is 0 Å². The summed E-state index contributed by atoms with van der Waals surface area (Å²) in [6.07, 6.45) is -4.32. The van der Waals surface area contributed by atoms with Crippen LogP contribution in [0.25, 0.3) is 0 Å². The third-order valence-corrected chi connectivity index (χ3v) is 3.36. The molecule has 7 heteroatoms. The van der Waals surface area contributed by atoms with E-state index in [-0.39, 0.29) is 6.54 Å². The van der Waals surface area contributed by atoms with Crippen LogP contribution in [0.1, 0.15) is 11.6 Å². The van der Waals surface area contributed by atoms with E-state index in [9.17, 15) is 13.2 Å². The number of hydrogen-bond donors (Lipinski definition) is 3. The van der Waals surface area contributed by atoms with Gasteiger partial charge in [-0.25, -0.2) is 10.9 Å². The molecule has 0 spiro atoms. The molecule has 3 unspecified atom stereocenters. The van der Waals surface area contributed by atoms with E-state index in [0.29, 0.717) is 5.02 Å². The van der Waals surface area contributed by atoms with E-state index in [1.54, 1.807) is 24.3 Å². The first-order chi connectivity index (χ1) is 8.43. The highest BCUT2D eigenvalue weighted by Crippen LogP contribution is 2.36. The molecule has 3 atom stereocenters. The molecular weight excluding hydrogens is 267 g/mol. The molecule has 0 aromatic heterocycles. The van der Waals surface area contributed by atoms with E-state index in [0.717, 1.165) is 5.56 Å². The van der Waals surface area contributed by atoms with Gasteiger partial charge in [-0.15, -0.1) is 0 Å². The van der Waals surface area contributed by atoms with Gasteiger partial charge in [0.25, 0.3) is 0 Å². The minimum atomic E-state index is -4.32. The summed E-state index contributed by atoms with van der Waals surface area (Å²) in [5, 5.41) is 0.543. The zero-order valence-electron chi connectivity index (χ0n) is 9.34. The summed E-state index contributed by atoms with van der Waals surface area (Å²) >= 11 is 5.75. The third kappa shape index (κ3) is 2.61. The summed E-state index contributed by atoms with van der Waals surface area (Å²) in [5.41, 5.74) is 11.1. The molecule has 2 rings (SSSR count). The van der Waals surface area contributed by atoms with Crippen molar-refractivity contribution in [3.05, 3.63) is 34.9 Å². The first-order valence-corrected chi connectivity index (χ1v) is 5.84. The van der Waals surface area contributed by atoms with Crippen LogP contribution in [0, 0.1) is 5.92 Å². The highest BCUT2D eigenvalue weighted by Gasteiger charge is 2.50. The average molecular weight is 280 g/mol. The fourth-order valence-electron chi connectivity index (χ4n) is 2.18. The Morgan fingerprint density at radius 1 is 1.17 bits per heavy atom. The number of hydrogen-bond acceptors (Lipinski definition) is 3. The minimum absolute atomic E-state index is 0.0581. The normalized spacial score (nSPS) is 28.6. The zero-order chi connectivity index (χ0) is 13.3. The Hall–Kier alpha value is -0.820. The summed E-state index contributed by atoms with van der Waals surface area (Å²) in [5.74, 6) is -0.744. The standard InChI is InChI=1S/C11H13ClF3N3/c12-7-3-1-6(2-4-7)9-8(5-16)10(18-17-9)11(13,14)15/h1-4,8-10,17-18H,5,16H2. The fourth-order valence-corrected chi connectivity index (χ4v) is 2.31. The largest absolute Gasteiger partial charge is 0.405 e. The van der Waals surface area contributed by atoms with Crippen LogP contribution in [0.15, 0.2) is 24.3 Å². The molecule has 0 saturated carbocycles. The molecule has 3 nitrogen and oxygen atoms in total. The second kappa shape index (κ2) is 5.05. The maximum Gasteiger partial charge on any atom is 0.405 e. The molecule has 1 fully saturated rings. The van der Waals surface area contributed by atoms with E-state index >= 15 is 0 Å². The Labute approximate surface area is 107 Å². The van der Waals surface area contributed by atoms with Crippen LogP contribution in [0.5, 0.6) is 0 Å². The molecule has 18 heavy (non-hydrogen) atoms. The third-order valence-electron chi connectivity index (χ3n) is 3.10. The second-order valence-corrected chi connectivity index (χ2v) is 4.67. The fraction of sp³-hybridized carbons (Fsp3) is 0.455. The van der Waals surface area contributed by atoms with Crippen LogP contribution >= 0.6 is 11.6 Å². The van der Waals surface area contributed by atoms with Crippen molar-refractivity contribution < 1.29 is 13.2 Å². The highest BCUT2D eigenvalue weighted by atomic mass is 35.5. The van der Waals surface area contributed by atoms with Gasteiger partial charge in [0.1, 0.15) is 6.04 Å². The van der Waals surface area contributed by atoms with Crippen LogP contribution in [0.4, 0.5) is 13.2 Å². The van der Waals surface area contributed by atoms with Crippen molar-refractivity contribution in [2.24, 2.45) is 11.7 Å². The number of benzene rings is 1. The number of nitrogens with two attached hydrogens (primary N) is 1. The lowest BCUT2D eigenvalue weighted by Gasteiger charge is -2.23. The van der Waals surface area contributed by atoms with Crippen molar-refractivity contribution in [3.8, 4) is 0 Å². The maximum atomic E-state index is 12.8. The SMILES string of the molecule is NCC1C(c2ccc(Cl)cc2)NNC1C(F)(F)F. The van der Waals surface area contributed by atoms with Crippen molar-refractivity contribution in [2.75, 3.05) is 6.54 Å². The van der Waals surface area contributed by atoms with Gasteiger partial charge in [-0.2, -0.15) is 13.2 Å². The molecule has 1 aromatic rings. The number of hydrazine groups is 1. The molecule has 4 N–H and O–H groups in total. The Kier molecular flexibility index (Phi) is 3.82. The van der Waals surface area contributed by atoms with Crippen molar-refractivity contribution in [2.45, 2.75) is 18.3 Å². The molecule has 1 heterocycles. The Balaban J connectivity index is 2.22. The Bertz CT molecular complexity index is 407. The summed E-state index contributed by atoms with van der Waals surface area (Å²) in [7, 11) is 0. The quantitative estimate of drug-likeness (QED) is 0.776. The van der Waals surface area contributed by atoms with Gasteiger partial charge in [-0.3, -0.25) is 0 Å². The van der Waals surface area contributed by atoms with Gasteiger partial charge in [-0.1, -0.05) is 23.7 Å². The van der Waals surface area contributed by atoms with Gasteiger partial charge in [0.15, 0.2) is 0 Å². The Morgan fingerprint density at radius 3 is 2.28 bits per heavy atom. The van der Waals surface area contributed by atoms with Gasteiger partial charge in [-0.05, 0) is 24.2 Å². The average Bonchev–Trinajstić information content (AvgIpc) is 2.73. The van der Waals surface area contributed by atoms with Crippen molar-refractivity contribution >= 4 is 11.6 Å². The zero-order valence-corrected chi connectivity index (χ0v) is 10.1. The first-order valence-electron chi connectivity index (χ1n) is 5.47. The summed E-state index contributed by atoms with van der Waals surface area (Å²) < 4.78 is 38.3. The lowest BCUT2D eigenvalue weighted by Crippen LogP contribution is -2.45. The van der Waals surface area contributed by atoms with Crippen LogP contribution < -0.4 is 16.6 Å². The summed E-state index contributed by atoms with van der Waals surface area (Å²) in [4.78, 5) is 0. The second-order valence-electron chi connectivity index (χ2n) is 4.24. The first kappa shape index (κ1) is 13.6. The van der Waals surface area contributed by atoms with Crippen LogP contribution in [-0.4, -0.2) is 18.8 Å². The summed E-state index contributed by atoms with van der Waals surface area (Å²) in [6.45, 7) is -0.0581. The predicted octanol–water partition coefficient (Wildman–Crippen LogP) is 1.99. The van der Waals surface area contributed by atoms with Crippen molar-refractivity contribution in [1.82, 2.24) is 10.9 Å². The Morgan fingerprint density at radius 2 is 1.78 bits per heavy atom. The smallest absolute Gasteiger partial charge is 0.330 e. The highest BCUT2D eigenvalue weighted by molar-refractivity contribution is 6.30. The molecule has 100 valence electrons. The molecule has 0 amide bonds. The monoisotopic (exact) mass is 279 g/mol. The molecular formula is C11H13ClF3N3. The van der Waals surface area contributed by atoms with Crippen molar-refractivity contribution in [1.29, 1.82) is 0 Å². The van der Waals surface area contributed by atoms with E-state index in [1.807, 2.05) is 0 Å². The van der Waals surface area contributed by atoms with Gasteiger partial charge in [0.05, 0.1) is 6.04 Å². The number of halogens is 4. The predicted molar refractivity (Wildman–Crippen MR) is 62.9 cm³/mol. The van der Waals surface area contributed by atoms with Gasteiger partial charge >= 0.3 is 6.18 Å². The molecule has 1 aliphatic heterocycles. The van der Waals surface area contributed by atoms with E-state index in [4.69, 9.17) is 17.3 Å². The van der Waals surface area contributed by atoms with E-state index < -0.39 is 24.2 Å². The van der Waals surface area contributed by atoms with Crippen LogP contribution in [0.3, 0.4) is 0 Å². The minimum Gasteiger partial charge on any atom is -0.330 e. The molecule has 0 aliphatic carbocycles. The van der Waals surface area contributed by atoms with Crippen molar-refractivity contribution in [3.63, 3.8) is 0 Å². The number of nitrogens with one attached hydrogen (secondary N) is 2. The van der Waals surface area contributed by atoms with Gasteiger partial charge in [0, 0.05) is 10.9 Å². The molecule has 1 aliphatic rings. The summed E-state index contributed by atoms with van der Waals surface area (Å²) in [6, 6.07) is 4.58. The number of alkyl halides is 3. The topological polar surface area (TPSA) is 50.1 Å². The van der Waals surface area contributed by atoms with E-state index in [2.05, 4.69) is 10.9 Å². The molecule has 0 bridgehead atoms. The van der Waals surface area contributed by atoms with Crippen LogP contribution in [0.2, 0.25) is 5.02 Å². The molecule has 1 saturated heterocycles. The lowest BCUT2D eigenvalue weighted by atomic mass is 9.89. The number of rotatable bonds is 2. The maximum absolute atomic E-state index is 12.8.